The number of furan rings is 1. The van der Waals surface area contributed by atoms with E-state index in [-0.39, 0.29) is 30.0 Å². The lowest BCUT2D eigenvalue weighted by molar-refractivity contribution is 0.476. The normalized spacial score (nSPS) is 15.9. The Balaban J connectivity index is 0.00000208. The van der Waals surface area contributed by atoms with E-state index in [1.807, 2.05) is 12.1 Å². The molecule has 1 saturated heterocycles. The summed E-state index contributed by atoms with van der Waals surface area (Å²) in [6.07, 6.45) is 5.05. The maximum absolute atomic E-state index is 5.39. The van der Waals surface area contributed by atoms with Crippen molar-refractivity contribution in [2.24, 2.45) is 4.99 Å². The number of nitrogens with zero attached hydrogens (tertiary/aromatic N) is 2. The average molecular weight is 439 g/mol. The van der Waals surface area contributed by atoms with E-state index in [1.54, 1.807) is 6.26 Å². The van der Waals surface area contributed by atoms with Gasteiger partial charge in [0.05, 0.1) is 12.3 Å². The summed E-state index contributed by atoms with van der Waals surface area (Å²) in [6, 6.07) is 14.7. The Hall–Kier alpha value is -1.50. The van der Waals surface area contributed by atoms with Crippen molar-refractivity contribution in [3.05, 3.63) is 60.1 Å². The van der Waals surface area contributed by atoms with Crippen molar-refractivity contribution in [2.45, 2.75) is 32.2 Å². The van der Waals surface area contributed by atoms with Crippen LogP contribution in [-0.2, 0) is 6.42 Å². The molecule has 1 N–H and O–H groups in total. The number of guanidine groups is 1. The maximum atomic E-state index is 5.39. The highest BCUT2D eigenvalue weighted by molar-refractivity contribution is 14.0. The van der Waals surface area contributed by atoms with Crippen LogP contribution in [0.2, 0.25) is 0 Å². The summed E-state index contributed by atoms with van der Waals surface area (Å²) in [4.78, 5) is 7.18. The molecule has 3 rings (SSSR count). The minimum Gasteiger partial charge on any atom is -0.469 e. The van der Waals surface area contributed by atoms with Crippen molar-refractivity contribution in [3.63, 3.8) is 0 Å². The van der Waals surface area contributed by atoms with Crippen LogP contribution in [-0.4, -0.2) is 30.5 Å². The smallest absolute Gasteiger partial charge is 0.194 e. The van der Waals surface area contributed by atoms with E-state index in [0.29, 0.717) is 0 Å². The number of halogens is 1. The van der Waals surface area contributed by atoms with Crippen LogP contribution in [0.5, 0.6) is 0 Å². The Morgan fingerprint density at radius 2 is 1.92 bits per heavy atom. The number of benzene rings is 1. The van der Waals surface area contributed by atoms with Crippen molar-refractivity contribution in [3.8, 4) is 0 Å². The van der Waals surface area contributed by atoms with Gasteiger partial charge in [-0.05, 0) is 37.5 Å². The van der Waals surface area contributed by atoms with Gasteiger partial charge in [0.25, 0.3) is 0 Å². The molecule has 0 amide bonds. The number of hydrogen-bond donors (Lipinski definition) is 1. The van der Waals surface area contributed by atoms with Gasteiger partial charge in [0, 0.05) is 26.1 Å². The third-order valence-electron chi connectivity index (χ3n) is 4.25. The Bertz CT molecular complexity index is 607. The van der Waals surface area contributed by atoms with Crippen LogP contribution in [0, 0.1) is 0 Å². The number of nitrogens with one attached hydrogen (secondary N) is 1. The van der Waals surface area contributed by atoms with E-state index in [9.17, 15) is 0 Å². The van der Waals surface area contributed by atoms with Gasteiger partial charge in [-0.25, -0.2) is 0 Å². The van der Waals surface area contributed by atoms with Gasteiger partial charge in [0.1, 0.15) is 5.76 Å². The summed E-state index contributed by atoms with van der Waals surface area (Å²) in [6.45, 7) is 5.11. The molecule has 0 spiro atoms. The quantitative estimate of drug-likeness (QED) is 0.431. The molecule has 1 aliphatic rings. The van der Waals surface area contributed by atoms with Crippen molar-refractivity contribution in [1.29, 1.82) is 0 Å². The summed E-state index contributed by atoms with van der Waals surface area (Å²) in [7, 11) is 0. The Kier molecular flexibility index (Phi) is 7.62. The molecule has 2 aromatic rings. The third-order valence-corrected chi connectivity index (χ3v) is 4.25. The molecule has 0 saturated carbocycles. The fourth-order valence-electron chi connectivity index (χ4n) is 2.91. The average Bonchev–Trinajstić information content (AvgIpc) is 3.28. The van der Waals surface area contributed by atoms with Crippen LogP contribution in [0.15, 0.2) is 58.1 Å². The molecule has 0 radical (unpaired) electrons. The van der Waals surface area contributed by atoms with Crippen molar-refractivity contribution in [1.82, 2.24) is 10.2 Å². The lowest BCUT2D eigenvalue weighted by Gasteiger charge is -2.25. The molecule has 130 valence electrons. The summed E-state index contributed by atoms with van der Waals surface area (Å²) < 4.78 is 5.39. The first-order chi connectivity index (χ1) is 11.3. The second-order valence-corrected chi connectivity index (χ2v) is 6.01. The predicted octanol–water partition coefficient (Wildman–Crippen LogP) is 4.24. The predicted molar refractivity (Wildman–Crippen MR) is 109 cm³/mol. The van der Waals surface area contributed by atoms with E-state index < -0.39 is 0 Å². The number of hydrogen-bond acceptors (Lipinski definition) is 2. The topological polar surface area (TPSA) is 40.8 Å². The SMILES string of the molecule is CC(NC(=NCCc1ccco1)N1CCCC1)c1ccccc1.I. The summed E-state index contributed by atoms with van der Waals surface area (Å²) in [5, 5.41) is 3.60. The first-order valence-electron chi connectivity index (χ1n) is 8.46. The van der Waals surface area contributed by atoms with Crippen LogP contribution in [0.3, 0.4) is 0 Å². The monoisotopic (exact) mass is 439 g/mol. The largest absolute Gasteiger partial charge is 0.469 e. The highest BCUT2D eigenvalue weighted by Crippen LogP contribution is 2.14. The van der Waals surface area contributed by atoms with Gasteiger partial charge >= 0.3 is 0 Å². The van der Waals surface area contributed by atoms with Crippen molar-refractivity contribution in [2.75, 3.05) is 19.6 Å². The Morgan fingerprint density at radius 3 is 2.58 bits per heavy atom. The molecule has 1 aliphatic heterocycles. The number of rotatable bonds is 5. The van der Waals surface area contributed by atoms with E-state index in [0.717, 1.165) is 37.8 Å². The van der Waals surface area contributed by atoms with Crippen LogP contribution in [0.4, 0.5) is 0 Å². The second-order valence-electron chi connectivity index (χ2n) is 6.01. The lowest BCUT2D eigenvalue weighted by Crippen LogP contribution is -2.41. The van der Waals surface area contributed by atoms with Gasteiger partial charge in [-0.2, -0.15) is 0 Å². The summed E-state index contributed by atoms with van der Waals surface area (Å²) in [5.41, 5.74) is 1.28. The molecule has 1 unspecified atom stereocenters. The number of likely N-dealkylation sites (tertiary alicyclic amines) is 1. The van der Waals surface area contributed by atoms with Gasteiger partial charge in [-0.15, -0.1) is 24.0 Å². The molecule has 0 aliphatic carbocycles. The van der Waals surface area contributed by atoms with E-state index in [2.05, 4.69) is 47.5 Å². The van der Waals surface area contributed by atoms with Crippen molar-refractivity contribution >= 4 is 29.9 Å². The van der Waals surface area contributed by atoms with Gasteiger partial charge in [-0.1, -0.05) is 30.3 Å². The Morgan fingerprint density at radius 1 is 1.17 bits per heavy atom. The lowest BCUT2D eigenvalue weighted by atomic mass is 10.1. The Labute approximate surface area is 161 Å². The highest BCUT2D eigenvalue weighted by atomic mass is 127. The first-order valence-corrected chi connectivity index (χ1v) is 8.46. The van der Waals surface area contributed by atoms with Crippen LogP contribution in [0.1, 0.15) is 37.1 Å². The zero-order valence-corrected chi connectivity index (χ0v) is 16.5. The zero-order valence-electron chi connectivity index (χ0n) is 14.1. The van der Waals surface area contributed by atoms with E-state index >= 15 is 0 Å². The molecule has 24 heavy (non-hydrogen) atoms. The first kappa shape index (κ1) is 18.8. The van der Waals surface area contributed by atoms with Crippen LogP contribution in [0.25, 0.3) is 0 Å². The zero-order chi connectivity index (χ0) is 15.9. The molecule has 1 aromatic heterocycles. The molecule has 4 nitrogen and oxygen atoms in total. The molecular formula is C19H26IN3O. The van der Waals surface area contributed by atoms with Crippen LogP contribution >= 0.6 is 24.0 Å². The third kappa shape index (κ3) is 5.26. The summed E-state index contributed by atoms with van der Waals surface area (Å²) >= 11 is 0. The highest BCUT2D eigenvalue weighted by Gasteiger charge is 2.18. The molecule has 0 bridgehead atoms. The fraction of sp³-hybridized carbons (Fsp3) is 0.421. The van der Waals surface area contributed by atoms with Gasteiger partial charge in [0.2, 0.25) is 0 Å². The summed E-state index contributed by atoms with van der Waals surface area (Å²) in [5.74, 6) is 2.01. The van der Waals surface area contributed by atoms with E-state index in [1.165, 1.54) is 18.4 Å². The maximum Gasteiger partial charge on any atom is 0.194 e. The molecular weight excluding hydrogens is 413 g/mol. The second kappa shape index (κ2) is 9.71. The molecule has 1 aromatic carbocycles. The van der Waals surface area contributed by atoms with Gasteiger partial charge in [-0.3, -0.25) is 4.99 Å². The fourth-order valence-corrected chi connectivity index (χ4v) is 2.91. The molecule has 1 atom stereocenters. The minimum absolute atomic E-state index is 0. The number of aliphatic imine (C=N–C) groups is 1. The molecule has 2 heterocycles. The van der Waals surface area contributed by atoms with Crippen LogP contribution < -0.4 is 5.32 Å². The van der Waals surface area contributed by atoms with E-state index in [4.69, 9.17) is 9.41 Å². The molecule has 5 heteroatoms. The standard InChI is InChI=1S/C19H25N3O.HI/c1-16(17-8-3-2-4-9-17)21-19(22-13-5-6-14-22)20-12-11-18-10-7-15-23-18;/h2-4,7-10,15-16H,5-6,11-14H2,1H3,(H,20,21);1H. The van der Waals surface area contributed by atoms with Gasteiger partial charge < -0.3 is 14.6 Å². The van der Waals surface area contributed by atoms with Crippen molar-refractivity contribution < 1.29 is 4.42 Å². The molecule has 1 fully saturated rings. The van der Waals surface area contributed by atoms with Gasteiger partial charge in [0.15, 0.2) is 5.96 Å². The minimum atomic E-state index is 0.